The van der Waals surface area contributed by atoms with Crippen molar-refractivity contribution in [1.82, 2.24) is 9.80 Å². The molecule has 0 radical (unpaired) electrons. The molecule has 4 aliphatic heterocycles. The van der Waals surface area contributed by atoms with E-state index in [4.69, 9.17) is 14.6 Å². The normalized spacial score (nSPS) is 33.7. The summed E-state index contributed by atoms with van der Waals surface area (Å²) in [5.41, 5.74) is -1.17. The van der Waals surface area contributed by atoms with Crippen LogP contribution >= 0.6 is 0 Å². The van der Waals surface area contributed by atoms with Crippen molar-refractivity contribution in [1.29, 1.82) is 0 Å². The lowest BCUT2D eigenvalue weighted by Gasteiger charge is -2.35. The Balaban J connectivity index is 1.69. The molecule has 194 valence electrons. The summed E-state index contributed by atoms with van der Waals surface area (Å²) in [6.45, 7) is 4.11. The van der Waals surface area contributed by atoms with Gasteiger partial charge in [-0.1, -0.05) is 50.5 Å². The SMILES string of the molecule is CCCCN1CC=C[C@]23O[C@@H]4/C=C\CCCCOC(=O)[C@@H]4[C@H]2C(=O)N(CCCCCCO)C3C1=O. The van der Waals surface area contributed by atoms with Crippen LogP contribution in [0.2, 0.25) is 0 Å². The molecule has 4 heterocycles. The number of allylic oxidation sites excluding steroid dienone is 1. The van der Waals surface area contributed by atoms with E-state index in [1.54, 1.807) is 4.90 Å². The number of nitrogens with zero attached hydrogens (tertiary/aromatic N) is 2. The number of hydrogen-bond donors (Lipinski definition) is 1. The third-order valence-corrected chi connectivity index (χ3v) is 7.77. The van der Waals surface area contributed by atoms with E-state index in [-0.39, 0.29) is 18.4 Å². The van der Waals surface area contributed by atoms with Gasteiger partial charge in [-0.2, -0.15) is 0 Å². The van der Waals surface area contributed by atoms with Gasteiger partial charge in [0.1, 0.15) is 17.6 Å². The van der Waals surface area contributed by atoms with Crippen molar-refractivity contribution < 1.29 is 29.0 Å². The number of unbranched alkanes of at least 4 members (excludes halogenated alkanes) is 4. The van der Waals surface area contributed by atoms with Crippen LogP contribution in [-0.2, 0) is 23.9 Å². The van der Waals surface area contributed by atoms with Crippen LogP contribution < -0.4 is 0 Å². The van der Waals surface area contributed by atoms with Gasteiger partial charge in [-0.15, -0.1) is 0 Å². The van der Waals surface area contributed by atoms with Crippen molar-refractivity contribution >= 4 is 17.8 Å². The van der Waals surface area contributed by atoms with Gasteiger partial charge in [0.05, 0.1) is 18.6 Å². The molecule has 1 unspecified atom stereocenters. The number of cyclic esters (lactones) is 1. The second kappa shape index (κ2) is 11.7. The zero-order valence-corrected chi connectivity index (χ0v) is 20.9. The van der Waals surface area contributed by atoms with Crippen molar-refractivity contribution in [2.45, 2.75) is 82.5 Å². The molecule has 0 aromatic carbocycles. The summed E-state index contributed by atoms with van der Waals surface area (Å²) in [4.78, 5) is 44.6. The fourth-order valence-corrected chi connectivity index (χ4v) is 6.00. The molecule has 8 heteroatoms. The summed E-state index contributed by atoms with van der Waals surface area (Å²) >= 11 is 0. The predicted molar refractivity (Wildman–Crippen MR) is 130 cm³/mol. The Morgan fingerprint density at radius 2 is 1.86 bits per heavy atom. The number of carbonyl (C=O) groups excluding carboxylic acids is 3. The summed E-state index contributed by atoms with van der Waals surface area (Å²) in [6, 6.07) is -0.785. The summed E-state index contributed by atoms with van der Waals surface area (Å²) in [5, 5.41) is 9.07. The lowest BCUT2D eigenvalue weighted by atomic mass is 9.78. The Hall–Kier alpha value is -2.19. The molecule has 1 spiro atoms. The Bertz CT molecular complexity index is 842. The van der Waals surface area contributed by atoms with E-state index in [9.17, 15) is 14.4 Å². The number of aliphatic hydroxyl groups is 1. The molecule has 0 aromatic rings. The Kier molecular flexibility index (Phi) is 8.65. The number of esters is 1. The van der Waals surface area contributed by atoms with E-state index < -0.39 is 35.6 Å². The van der Waals surface area contributed by atoms with Gasteiger partial charge in [0.2, 0.25) is 11.8 Å². The number of amides is 2. The summed E-state index contributed by atoms with van der Waals surface area (Å²) in [7, 11) is 0. The second-order valence-corrected chi connectivity index (χ2v) is 10.1. The first kappa shape index (κ1) is 25.9. The molecular formula is C27H40N2O6. The third-order valence-electron chi connectivity index (χ3n) is 7.77. The van der Waals surface area contributed by atoms with Crippen molar-refractivity contribution in [3.63, 3.8) is 0 Å². The number of carbonyl (C=O) groups is 3. The molecule has 2 fully saturated rings. The van der Waals surface area contributed by atoms with Crippen molar-refractivity contribution in [2.75, 3.05) is 32.8 Å². The molecule has 35 heavy (non-hydrogen) atoms. The topological polar surface area (TPSA) is 96.4 Å². The highest BCUT2D eigenvalue weighted by Gasteiger charge is 2.71. The van der Waals surface area contributed by atoms with Crippen LogP contribution in [-0.4, -0.2) is 83.3 Å². The lowest BCUT2D eigenvalue weighted by Crippen LogP contribution is -2.55. The van der Waals surface area contributed by atoms with Gasteiger partial charge in [-0.3, -0.25) is 14.4 Å². The van der Waals surface area contributed by atoms with Crippen molar-refractivity contribution in [3.8, 4) is 0 Å². The first-order chi connectivity index (χ1) is 17.0. The zero-order chi connectivity index (χ0) is 24.8. The summed E-state index contributed by atoms with van der Waals surface area (Å²) in [6.07, 6.45) is 14.8. The number of rotatable bonds is 9. The summed E-state index contributed by atoms with van der Waals surface area (Å²) in [5.74, 6) is -2.25. The van der Waals surface area contributed by atoms with E-state index in [0.29, 0.717) is 26.2 Å². The van der Waals surface area contributed by atoms with Gasteiger partial charge >= 0.3 is 5.97 Å². The summed E-state index contributed by atoms with van der Waals surface area (Å²) < 4.78 is 12.2. The van der Waals surface area contributed by atoms with Gasteiger partial charge in [0, 0.05) is 26.2 Å². The molecular weight excluding hydrogens is 448 g/mol. The zero-order valence-electron chi connectivity index (χ0n) is 20.9. The average molecular weight is 489 g/mol. The van der Waals surface area contributed by atoms with Crippen LogP contribution in [0, 0.1) is 11.8 Å². The number of aliphatic hydroxyl groups excluding tert-OH is 1. The van der Waals surface area contributed by atoms with E-state index in [2.05, 4.69) is 6.92 Å². The number of fused-ring (bicyclic) bond motifs is 2. The third kappa shape index (κ3) is 5.05. The van der Waals surface area contributed by atoms with Gasteiger partial charge < -0.3 is 24.4 Å². The molecule has 2 amide bonds. The Morgan fingerprint density at radius 1 is 1.03 bits per heavy atom. The molecule has 4 rings (SSSR count). The highest BCUT2D eigenvalue weighted by atomic mass is 16.6. The predicted octanol–water partition coefficient (Wildman–Crippen LogP) is 2.60. The maximum absolute atomic E-state index is 14.0. The maximum atomic E-state index is 14.0. The quantitative estimate of drug-likeness (QED) is 0.305. The average Bonchev–Trinajstić information content (AvgIpc) is 3.23. The van der Waals surface area contributed by atoms with Crippen LogP contribution in [0.1, 0.15) is 64.7 Å². The molecule has 0 saturated carbocycles. The minimum absolute atomic E-state index is 0.101. The van der Waals surface area contributed by atoms with E-state index in [1.165, 1.54) is 0 Å². The van der Waals surface area contributed by atoms with Crippen LogP contribution in [0.5, 0.6) is 0 Å². The van der Waals surface area contributed by atoms with Crippen molar-refractivity contribution in [2.24, 2.45) is 11.8 Å². The van der Waals surface area contributed by atoms with Gasteiger partial charge in [0.15, 0.2) is 0 Å². The fourth-order valence-electron chi connectivity index (χ4n) is 6.00. The maximum Gasteiger partial charge on any atom is 0.312 e. The molecule has 0 bridgehead atoms. The lowest BCUT2D eigenvalue weighted by molar-refractivity contribution is -0.155. The molecule has 0 aliphatic carbocycles. The minimum Gasteiger partial charge on any atom is -0.465 e. The van der Waals surface area contributed by atoms with Crippen LogP contribution in [0.4, 0.5) is 0 Å². The molecule has 0 aromatic heterocycles. The standard InChI is InChI=1S/C27H40N2O6/c1-2-3-15-28-16-12-14-27-22(21-20(35-27)13-8-4-7-11-19-34-26(21)33)24(31)29(23(27)25(28)32)17-9-5-6-10-18-30/h8,12-14,20-23,30H,2-7,9-11,15-19H2,1H3/b13-8-/t20-,21+,22+,23?,27+/m1/s1. The second-order valence-electron chi connectivity index (χ2n) is 10.1. The van der Waals surface area contributed by atoms with Crippen LogP contribution in [0.3, 0.4) is 0 Å². The molecule has 1 N–H and O–H groups in total. The molecule has 5 atom stereocenters. The highest BCUT2D eigenvalue weighted by Crippen LogP contribution is 2.53. The smallest absolute Gasteiger partial charge is 0.312 e. The number of hydrogen-bond acceptors (Lipinski definition) is 6. The van der Waals surface area contributed by atoms with E-state index in [1.807, 2.05) is 29.2 Å². The molecule has 8 nitrogen and oxygen atoms in total. The van der Waals surface area contributed by atoms with Gasteiger partial charge in [0.25, 0.3) is 0 Å². The van der Waals surface area contributed by atoms with Crippen LogP contribution in [0.15, 0.2) is 24.3 Å². The Labute approximate surface area is 208 Å². The van der Waals surface area contributed by atoms with Gasteiger partial charge in [-0.05, 0) is 38.5 Å². The Morgan fingerprint density at radius 3 is 2.66 bits per heavy atom. The number of ether oxygens (including phenoxy) is 2. The van der Waals surface area contributed by atoms with E-state index in [0.717, 1.165) is 57.8 Å². The monoisotopic (exact) mass is 488 g/mol. The number of likely N-dealkylation sites (tertiary alicyclic amines) is 1. The first-order valence-corrected chi connectivity index (χ1v) is 13.4. The van der Waals surface area contributed by atoms with Crippen LogP contribution in [0.25, 0.3) is 0 Å². The largest absolute Gasteiger partial charge is 0.465 e. The highest BCUT2D eigenvalue weighted by molar-refractivity contribution is 5.99. The van der Waals surface area contributed by atoms with Gasteiger partial charge in [-0.25, -0.2) is 0 Å². The fraction of sp³-hybridized carbons (Fsp3) is 0.741. The first-order valence-electron chi connectivity index (χ1n) is 13.4. The molecule has 4 aliphatic rings. The minimum atomic E-state index is -1.17. The van der Waals surface area contributed by atoms with Crippen molar-refractivity contribution in [3.05, 3.63) is 24.3 Å². The molecule has 2 saturated heterocycles. The van der Waals surface area contributed by atoms with E-state index >= 15 is 0 Å².